The van der Waals surface area contributed by atoms with Crippen molar-refractivity contribution < 1.29 is 14.3 Å². The highest BCUT2D eigenvalue weighted by Gasteiger charge is 2.25. The number of fused-ring (bicyclic) bond motifs is 3. The van der Waals surface area contributed by atoms with Gasteiger partial charge in [0.25, 0.3) is 5.91 Å². The largest absolute Gasteiger partial charge is 0.497 e. The minimum Gasteiger partial charge on any atom is -0.497 e. The molecule has 1 heterocycles. The quantitative estimate of drug-likeness (QED) is 0.403. The molecule has 168 valence electrons. The summed E-state index contributed by atoms with van der Waals surface area (Å²) in [5.74, 6) is 0.0964. The number of methoxy groups -OCH3 is 1. The first kappa shape index (κ1) is 21.4. The van der Waals surface area contributed by atoms with Gasteiger partial charge in [0.1, 0.15) is 5.75 Å². The number of nitrogens with zero attached hydrogens (tertiary/aromatic N) is 1. The van der Waals surface area contributed by atoms with Gasteiger partial charge in [0.05, 0.1) is 19.3 Å². The first-order chi connectivity index (χ1) is 16.5. The van der Waals surface area contributed by atoms with E-state index < -0.39 is 5.91 Å². The topological polar surface area (TPSA) is 94.3 Å². The zero-order valence-corrected chi connectivity index (χ0v) is 18.7. The second kappa shape index (κ2) is 8.83. The van der Waals surface area contributed by atoms with Crippen molar-refractivity contribution in [2.24, 2.45) is 5.73 Å². The molecule has 0 bridgehead atoms. The van der Waals surface area contributed by atoms with Crippen molar-refractivity contribution in [2.75, 3.05) is 7.11 Å². The summed E-state index contributed by atoms with van der Waals surface area (Å²) in [4.78, 5) is 29.3. The van der Waals surface area contributed by atoms with Crippen LogP contribution in [0.15, 0.2) is 79.0 Å². The van der Waals surface area contributed by atoms with Gasteiger partial charge in [0.15, 0.2) is 0 Å². The zero-order valence-electron chi connectivity index (χ0n) is 18.7. The Morgan fingerprint density at radius 2 is 1.85 bits per heavy atom. The maximum Gasteiger partial charge on any atom is 0.251 e. The molecule has 1 aliphatic carbocycles. The van der Waals surface area contributed by atoms with E-state index >= 15 is 0 Å². The fraction of sp³-hybridized carbons (Fsp3) is 0.107. The predicted molar refractivity (Wildman–Crippen MR) is 131 cm³/mol. The fourth-order valence-corrected chi connectivity index (χ4v) is 4.40. The Kier molecular flexibility index (Phi) is 5.55. The summed E-state index contributed by atoms with van der Waals surface area (Å²) in [6, 6.07) is 22.8. The van der Waals surface area contributed by atoms with Gasteiger partial charge < -0.3 is 15.8 Å². The van der Waals surface area contributed by atoms with Crippen LogP contribution in [0.2, 0.25) is 0 Å². The zero-order chi connectivity index (χ0) is 23.7. The molecule has 1 aliphatic rings. The second-order valence-electron chi connectivity index (χ2n) is 8.20. The van der Waals surface area contributed by atoms with Gasteiger partial charge in [-0.3, -0.25) is 14.6 Å². The molecule has 0 atom stereocenters. The second-order valence-corrected chi connectivity index (χ2v) is 8.20. The maximum atomic E-state index is 12.7. The van der Waals surface area contributed by atoms with Crippen LogP contribution in [0, 0.1) is 0 Å². The molecule has 0 saturated heterocycles. The summed E-state index contributed by atoms with van der Waals surface area (Å²) < 4.78 is 5.35. The first-order valence-corrected chi connectivity index (χ1v) is 11.0. The Bertz CT molecular complexity index is 1410. The molecule has 3 aromatic carbocycles. The standard InChI is InChI=1S/C28H23N3O3/c1-34-22-7-4-5-17(12-22)19-13-24-23-9-8-18(28(33)31-16-21-6-2-3-10-30-21)11-20(23)15-25(24)26(14-19)27(29)32/h2-14H,15-16H2,1H3,(H2,29,32)(H,31,33). The van der Waals surface area contributed by atoms with Crippen LogP contribution in [0.5, 0.6) is 5.75 Å². The summed E-state index contributed by atoms with van der Waals surface area (Å²) in [7, 11) is 1.62. The van der Waals surface area contributed by atoms with E-state index in [1.54, 1.807) is 13.3 Å². The van der Waals surface area contributed by atoms with E-state index in [0.717, 1.165) is 44.8 Å². The van der Waals surface area contributed by atoms with Gasteiger partial charge in [-0.2, -0.15) is 0 Å². The minimum atomic E-state index is -0.470. The van der Waals surface area contributed by atoms with Crippen LogP contribution in [0.4, 0.5) is 0 Å². The van der Waals surface area contributed by atoms with E-state index in [0.29, 0.717) is 24.1 Å². The number of primary amides is 1. The van der Waals surface area contributed by atoms with Gasteiger partial charge in [-0.1, -0.05) is 24.3 Å². The predicted octanol–water partition coefficient (Wildman–Crippen LogP) is 4.36. The SMILES string of the molecule is COc1cccc(-c2cc(C(N)=O)c3c(c2)-c2ccc(C(=O)NCc4ccccn4)cc2C3)c1. The van der Waals surface area contributed by atoms with Crippen molar-refractivity contribution in [3.05, 3.63) is 107 Å². The third-order valence-electron chi connectivity index (χ3n) is 6.10. The normalized spacial score (nSPS) is 11.4. The van der Waals surface area contributed by atoms with Gasteiger partial charge in [-0.05, 0) is 88.3 Å². The van der Waals surface area contributed by atoms with E-state index in [2.05, 4.69) is 16.4 Å². The number of benzene rings is 3. The summed E-state index contributed by atoms with van der Waals surface area (Å²) in [5, 5.41) is 2.91. The Morgan fingerprint density at radius 1 is 0.971 bits per heavy atom. The fourth-order valence-electron chi connectivity index (χ4n) is 4.40. The molecule has 5 rings (SSSR count). The Labute approximate surface area is 197 Å². The average molecular weight is 450 g/mol. The molecule has 0 saturated carbocycles. The first-order valence-electron chi connectivity index (χ1n) is 11.0. The van der Waals surface area contributed by atoms with Crippen molar-refractivity contribution >= 4 is 11.8 Å². The van der Waals surface area contributed by atoms with Crippen molar-refractivity contribution in [2.45, 2.75) is 13.0 Å². The highest BCUT2D eigenvalue weighted by Crippen LogP contribution is 2.41. The molecule has 6 heteroatoms. The lowest BCUT2D eigenvalue weighted by molar-refractivity contribution is 0.0949. The molecule has 34 heavy (non-hydrogen) atoms. The highest BCUT2D eigenvalue weighted by molar-refractivity contribution is 6.01. The van der Waals surface area contributed by atoms with Crippen LogP contribution >= 0.6 is 0 Å². The van der Waals surface area contributed by atoms with Crippen LogP contribution in [0.25, 0.3) is 22.3 Å². The molecule has 0 spiro atoms. The van der Waals surface area contributed by atoms with Gasteiger partial charge in [-0.25, -0.2) is 0 Å². The van der Waals surface area contributed by atoms with E-state index in [1.807, 2.05) is 66.7 Å². The summed E-state index contributed by atoms with van der Waals surface area (Å²) in [5.41, 5.74) is 13.3. The highest BCUT2D eigenvalue weighted by atomic mass is 16.5. The van der Waals surface area contributed by atoms with E-state index in [4.69, 9.17) is 10.5 Å². The average Bonchev–Trinajstić information content (AvgIpc) is 3.25. The molecule has 0 radical (unpaired) electrons. The number of hydrogen-bond donors (Lipinski definition) is 2. The molecular formula is C28H23N3O3. The summed E-state index contributed by atoms with van der Waals surface area (Å²) >= 11 is 0. The Morgan fingerprint density at radius 3 is 2.62 bits per heavy atom. The molecule has 2 amide bonds. The molecule has 3 N–H and O–H groups in total. The summed E-state index contributed by atoms with van der Waals surface area (Å²) in [6.07, 6.45) is 2.24. The van der Waals surface area contributed by atoms with Gasteiger partial charge >= 0.3 is 0 Å². The number of amides is 2. The number of carbonyl (C=O) groups is 2. The number of hydrogen-bond acceptors (Lipinski definition) is 4. The monoisotopic (exact) mass is 449 g/mol. The lowest BCUT2D eigenvalue weighted by Crippen LogP contribution is -2.23. The Balaban J connectivity index is 1.48. The number of pyridine rings is 1. The van der Waals surface area contributed by atoms with Crippen LogP contribution in [-0.4, -0.2) is 23.9 Å². The lowest BCUT2D eigenvalue weighted by atomic mass is 9.94. The molecule has 0 aliphatic heterocycles. The number of aromatic nitrogens is 1. The lowest BCUT2D eigenvalue weighted by Gasteiger charge is -2.11. The molecule has 1 aromatic heterocycles. The van der Waals surface area contributed by atoms with Gasteiger partial charge in [-0.15, -0.1) is 0 Å². The third kappa shape index (κ3) is 4.01. The number of rotatable bonds is 6. The van der Waals surface area contributed by atoms with Crippen molar-refractivity contribution in [3.63, 3.8) is 0 Å². The van der Waals surface area contributed by atoms with Crippen molar-refractivity contribution in [1.29, 1.82) is 0 Å². The molecule has 0 fully saturated rings. The third-order valence-corrected chi connectivity index (χ3v) is 6.10. The Hall–Kier alpha value is -4.45. The van der Waals surface area contributed by atoms with E-state index in [-0.39, 0.29) is 5.91 Å². The number of carbonyl (C=O) groups excluding carboxylic acids is 2. The van der Waals surface area contributed by atoms with Crippen molar-refractivity contribution in [3.8, 4) is 28.0 Å². The molecule has 6 nitrogen and oxygen atoms in total. The number of ether oxygens (including phenoxy) is 1. The molecule has 0 unspecified atom stereocenters. The van der Waals surface area contributed by atoms with E-state index in [9.17, 15) is 9.59 Å². The van der Waals surface area contributed by atoms with Crippen LogP contribution < -0.4 is 15.8 Å². The molecular weight excluding hydrogens is 426 g/mol. The number of nitrogens with two attached hydrogens (primary N) is 1. The van der Waals surface area contributed by atoms with Gasteiger partial charge in [0.2, 0.25) is 5.91 Å². The molecule has 4 aromatic rings. The summed E-state index contributed by atoms with van der Waals surface area (Å²) in [6.45, 7) is 0.354. The van der Waals surface area contributed by atoms with Crippen LogP contribution in [0.3, 0.4) is 0 Å². The smallest absolute Gasteiger partial charge is 0.251 e. The van der Waals surface area contributed by atoms with E-state index in [1.165, 1.54) is 0 Å². The maximum absolute atomic E-state index is 12.7. The van der Waals surface area contributed by atoms with Crippen molar-refractivity contribution in [1.82, 2.24) is 10.3 Å². The van der Waals surface area contributed by atoms with Crippen LogP contribution in [-0.2, 0) is 13.0 Å². The van der Waals surface area contributed by atoms with Crippen LogP contribution in [0.1, 0.15) is 37.5 Å². The van der Waals surface area contributed by atoms with Gasteiger partial charge in [0, 0.05) is 17.3 Å². The number of nitrogens with one attached hydrogen (secondary N) is 1. The minimum absolute atomic E-state index is 0.170.